The van der Waals surface area contributed by atoms with Crippen LogP contribution in [0.4, 0.5) is 23.2 Å². The van der Waals surface area contributed by atoms with Crippen LogP contribution in [0.25, 0.3) is 0 Å². The van der Waals surface area contributed by atoms with Gasteiger partial charge in [-0.2, -0.15) is 8.78 Å². The van der Waals surface area contributed by atoms with Crippen molar-refractivity contribution in [1.82, 2.24) is 0 Å². The van der Waals surface area contributed by atoms with Gasteiger partial charge in [-0.05, 0) is 30.7 Å². The molecule has 0 unspecified atom stereocenters. The predicted molar refractivity (Wildman–Crippen MR) is 79.7 cm³/mol. The maximum absolute atomic E-state index is 13.9. The molecule has 1 N–H and O–H groups in total. The van der Waals surface area contributed by atoms with Gasteiger partial charge in [-0.1, -0.05) is 15.9 Å². The van der Waals surface area contributed by atoms with E-state index in [1.54, 1.807) is 13.0 Å². The zero-order chi connectivity index (χ0) is 17.3. The standard InChI is InChI=1S/C15H10BrF4NO2/c1-6-5-7(3-4-8(6)16)21-15(22)9-10(17)12(19)14(23-2)13(20)11(9)18/h3-5H,1-2H3,(H,21,22). The number of carbonyl (C=O) groups is 1. The molecule has 0 saturated heterocycles. The monoisotopic (exact) mass is 391 g/mol. The molecule has 8 heteroatoms. The molecule has 0 aliphatic carbocycles. The summed E-state index contributed by atoms with van der Waals surface area (Å²) in [4.78, 5) is 12.0. The van der Waals surface area contributed by atoms with Gasteiger partial charge < -0.3 is 10.1 Å². The first kappa shape index (κ1) is 17.3. The average molecular weight is 392 g/mol. The lowest BCUT2D eigenvalue weighted by atomic mass is 10.1. The molecule has 0 heterocycles. The summed E-state index contributed by atoms with van der Waals surface area (Å²) >= 11 is 3.25. The molecule has 23 heavy (non-hydrogen) atoms. The molecule has 0 bridgehead atoms. The van der Waals surface area contributed by atoms with Crippen LogP contribution in [-0.2, 0) is 0 Å². The number of hydrogen-bond acceptors (Lipinski definition) is 2. The zero-order valence-corrected chi connectivity index (χ0v) is 13.5. The van der Waals surface area contributed by atoms with Crippen molar-refractivity contribution in [3.8, 4) is 5.75 Å². The van der Waals surface area contributed by atoms with Gasteiger partial charge in [0, 0.05) is 10.2 Å². The van der Waals surface area contributed by atoms with Crippen molar-refractivity contribution < 1.29 is 27.1 Å². The molecule has 0 radical (unpaired) electrons. The van der Waals surface area contributed by atoms with Gasteiger partial charge >= 0.3 is 0 Å². The Bertz CT molecular complexity index is 767. The van der Waals surface area contributed by atoms with Crippen molar-refractivity contribution in [2.45, 2.75) is 6.92 Å². The lowest BCUT2D eigenvalue weighted by molar-refractivity contribution is 0.101. The Hall–Kier alpha value is -2.09. The molecule has 0 atom stereocenters. The fourth-order valence-electron chi connectivity index (χ4n) is 1.91. The number of anilines is 1. The zero-order valence-electron chi connectivity index (χ0n) is 11.9. The number of amides is 1. The third-order valence-electron chi connectivity index (χ3n) is 3.07. The van der Waals surface area contributed by atoms with Gasteiger partial charge in [0.15, 0.2) is 17.4 Å². The van der Waals surface area contributed by atoms with Gasteiger partial charge in [0.2, 0.25) is 11.6 Å². The van der Waals surface area contributed by atoms with Crippen molar-refractivity contribution in [2.24, 2.45) is 0 Å². The van der Waals surface area contributed by atoms with E-state index in [0.717, 1.165) is 17.1 Å². The highest BCUT2D eigenvalue weighted by atomic mass is 79.9. The minimum atomic E-state index is -1.83. The minimum absolute atomic E-state index is 0.214. The van der Waals surface area contributed by atoms with Crippen LogP contribution >= 0.6 is 15.9 Å². The summed E-state index contributed by atoms with van der Waals surface area (Å²) in [6.45, 7) is 1.73. The summed E-state index contributed by atoms with van der Waals surface area (Å²) in [5.41, 5.74) is -0.400. The van der Waals surface area contributed by atoms with Crippen molar-refractivity contribution in [2.75, 3.05) is 12.4 Å². The molecule has 122 valence electrons. The highest BCUT2D eigenvalue weighted by molar-refractivity contribution is 9.10. The Morgan fingerprint density at radius 1 is 1.09 bits per heavy atom. The quantitative estimate of drug-likeness (QED) is 0.614. The van der Waals surface area contributed by atoms with Crippen LogP contribution in [0, 0.1) is 30.2 Å². The first-order chi connectivity index (χ1) is 10.8. The minimum Gasteiger partial charge on any atom is -0.491 e. The summed E-state index contributed by atoms with van der Waals surface area (Å²) in [5.74, 6) is -9.75. The van der Waals surface area contributed by atoms with Crippen LogP contribution in [-0.4, -0.2) is 13.0 Å². The third kappa shape index (κ3) is 3.17. The van der Waals surface area contributed by atoms with Crippen LogP contribution in [0.5, 0.6) is 5.75 Å². The largest absolute Gasteiger partial charge is 0.491 e. The number of nitrogens with one attached hydrogen (secondary N) is 1. The number of hydrogen-bond donors (Lipinski definition) is 1. The average Bonchev–Trinajstić information content (AvgIpc) is 2.50. The smallest absolute Gasteiger partial charge is 0.261 e. The van der Waals surface area contributed by atoms with E-state index >= 15 is 0 Å². The highest BCUT2D eigenvalue weighted by Crippen LogP contribution is 2.30. The number of halogens is 5. The van der Waals surface area contributed by atoms with Crippen LogP contribution in [0.1, 0.15) is 15.9 Å². The number of aryl methyl sites for hydroxylation is 1. The molecule has 2 rings (SSSR count). The van der Waals surface area contributed by atoms with E-state index in [0.29, 0.717) is 0 Å². The molecule has 2 aromatic rings. The predicted octanol–water partition coefficient (Wildman–Crippen LogP) is 4.57. The number of rotatable bonds is 3. The molecular weight excluding hydrogens is 382 g/mol. The second kappa shape index (κ2) is 6.57. The number of methoxy groups -OCH3 is 1. The normalized spacial score (nSPS) is 10.6. The van der Waals surface area contributed by atoms with Crippen molar-refractivity contribution in [1.29, 1.82) is 0 Å². The van der Waals surface area contributed by atoms with Crippen molar-refractivity contribution in [3.05, 3.63) is 57.1 Å². The molecule has 0 aliphatic heterocycles. The van der Waals surface area contributed by atoms with E-state index in [2.05, 4.69) is 26.0 Å². The summed E-state index contributed by atoms with van der Waals surface area (Å²) < 4.78 is 60.0. The molecule has 0 aromatic heterocycles. The maximum Gasteiger partial charge on any atom is 0.261 e. The topological polar surface area (TPSA) is 38.3 Å². The molecule has 0 saturated carbocycles. The van der Waals surface area contributed by atoms with Gasteiger partial charge in [-0.25, -0.2) is 8.78 Å². The SMILES string of the molecule is COc1c(F)c(F)c(C(=O)Nc2ccc(Br)c(C)c2)c(F)c1F. The van der Waals surface area contributed by atoms with Gasteiger partial charge in [-0.15, -0.1) is 0 Å². The molecule has 2 aromatic carbocycles. The van der Waals surface area contributed by atoms with E-state index in [4.69, 9.17) is 0 Å². The maximum atomic E-state index is 13.9. The van der Waals surface area contributed by atoms with Crippen LogP contribution in [0.2, 0.25) is 0 Å². The van der Waals surface area contributed by atoms with Crippen molar-refractivity contribution in [3.63, 3.8) is 0 Å². The van der Waals surface area contributed by atoms with Gasteiger partial charge in [0.05, 0.1) is 7.11 Å². The highest BCUT2D eigenvalue weighted by Gasteiger charge is 2.30. The fraction of sp³-hybridized carbons (Fsp3) is 0.133. The van der Waals surface area contributed by atoms with Crippen LogP contribution < -0.4 is 10.1 Å². The number of ether oxygens (including phenoxy) is 1. The van der Waals surface area contributed by atoms with Crippen LogP contribution in [0.15, 0.2) is 22.7 Å². The van der Waals surface area contributed by atoms with Crippen molar-refractivity contribution >= 4 is 27.5 Å². The molecule has 0 fully saturated rings. The molecule has 0 aliphatic rings. The Kier molecular flexibility index (Phi) is 4.93. The molecule has 3 nitrogen and oxygen atoms in total. The first-order valence-corrected chi connectivity index (χ1v) is 7.04. The Morgan fingerprint density at radius 3 is 2.13 bits per heavy atom. The molecule has 1 amide bonds. The number of benzene rings is 2. The van der Waals surface area contributed by atoms with E-state index in [1.807, 2.05) is 0 Å². The van der Waals surface area contributed by atoms with Crippen LogP contribution in [0.3, 0.4) is 0 Å². The Balaban J connectivity index is 2.45. The Labute approximate surface area is 137 Å². The summed E-state index contributed by atoms with van der Waals surface area (Å²) in [6.07, 6.45) is 0. The first-order valence-electron chi connectivity index (χ1n) is 6.25. The number of carbonyl (C=O) groups excluding carboxylic acids is 1. The second-order valence-corrected chi connectivity index (χ2v) is 5.44. The lowest BCUT2D eigenvalue weighted by Gasteiger charge is -2.12. The molecular formula is C15H10BrF4NO2. The van der Waals surface area contributed by atoms with Gasteiger partial charge in [0.25, 0.3) is 5.91 Å². The van der Waals surface area contributed by atoms with Gasteiger partial charge in [0.1, 0.15) is 5.56 Å². The second-order valence-electron chi connectivity index (χ2n) is 4.58. The fourth-order valence-corrected chi connectivity index (χ4v) is 2.15. The lowest BCUT2D eigenvalue weighted by Crippen LogP contribution is -2.19. The van der Waals surface area contributed by atoms with E-state index in [-0.39, 0.29) is 5.69 Å². The third-order valence-corrected chi connectivity index (χ3v) is 3.96. The summed E-state index contributed by atoms with van der Waals surface area (Å²) in [6, 6.07) is 4.59. The Morgan fingerprint density at radius 2 is 1.65 bits per heavy atom. The summed E-state index contributed by atoms with van der Waals surface area (Å²) in [5, 5.41) is 2.19. The summed E-state index contributed by atoms with van der Waals surface area (Å²) in [7, 11) is 0.852. The van der Waals surface area contributed by atoms with E-state index < -0.39 is 40.5 Å². The van der Waals surface area contributed by atoms with Gasteiger partial charge in [-0.3, -0.25) is 4.79 Å². The molecule has 0 spiro atoms. The van der Waals surface area contributed by atoms with E-state index in [1.165, 1.54) is 12.1 Å². The van der Waals surface area contributed by atoms with E-state index in [9.17, 15) is 22.4 Å².